The van der Waals surface area contributed by atoms with E-state index < -0.39 is 11.8 Å². The molecule has 1 heterocycles. The number of fused-ring (bicyclic) bond motifs is 1. The van der Waals surface area contributed by atoms with Crippen LogP contribution in [0.25, 0.3) is 22.2 Å². The number of nitrogens with zero attached hydrogens (tertiary/aromatic N) is 1. The van der Waals surface area contributed by atoms with E-state index >= 15 is 0 Å². The Morgan fingerprint density at radius 2 is 1.67 bits per heavy atom. The molecule has 0 bridgehead atoms. The predicted octanol–water partition coefficient (Wildman–Crippen LogP) is 5.93. The zero-order chi connectivity index (χ0) is 20.9. The van der Waals surface area contributed by atoms with Gasteiger partial charge in [0.15, 0.2) is 11.6 Å². The van der Waals surface area contributed by atoms with Crippen LogP contribution in [0.5, 0.6) is 5.75 Å². The maximum Gasteiger partial charge on any atom is 0.339 e. The Balaban J connectivity index is 1.56. The van der Waals surface area contributed by atoms with E-state index in [-0.39, 0.29) is 19.0 Å². The van der Waals surface area contributed by atoms with Crippen LogP contribution >= 0.6 is 11.6 Å². The quantitative estimate of drug-likeness (QED) is 0.286. The van der Waals surface area contributed by atoms with E-state index in [4.69, 9.17) is 21.1 Å². The first-order valence-corrected chi connectivity index (χ1v) is 9.70. The molecule has 0 aliphatic heterocycles. The van der Waals surface area contributed by atoms with E-state index in [0.717, 1.165) is 5.56 Å². The number of rotatable bonds is 6. The number of ether oxygens (including phenoxy) is 2. The number of aromatic nitrogens is 1. The summed E-state index contributed by atoms with van der Waals surface area (Å²) >= 11 is 6.31. The molecule has 0 fully saturated rings. The number of carbonyl (C=O) groups excluding carboxylic acids is 1. The summed E-state index contributed by atoms with van der Waals surface area (Å²) in [6, 6.07) is 22.4. The summed E-state index contributed by atoms with van der Waals surface area (Å²) < 4.78 is 24.3. The topological polar surface area (TPSA) is 48.4 Å². The van der Waals surface area contributed by atoms with E-state index in [2.05, 4.69) is 4.98 Å². The standard InChI is InChI=1S/C24H17ClFNO3/c25-19-9-3-1-8-17(19)22-15-18(16-7-2-5-11-21(16)27-22)24(28)30-14-13-29-23-12-6-4-10-20(23)26/h1-12,15H,13-14H2. The van der Waals surface area contributed by atoms with Crippen molar-refractivity contribution in [2.45, 2.75) is 0 Å². The Labute approximate surface area is 177 Å². The highest BCUT2D eigenvalue weighted by Gasteiger charge is 2.16. The number of para-hydroxylation sites is 2. The van der Waals surface area contributed by atoms with Crippen LogP contribution in [-0.4, -0.2) is 24.2 Å². The first kappa shape index (κ1) is 19.9. The van der Waals surface area contributed by atoms with Gasteiger partial charge < -0.3 is 9.47 Å². The molecule has 4 nitrogen and oxygen atoms in total. The van der Waals surface area contributed by atoms with Gasteiger partial charge >= 0.3 is 5.97 Å². The van der Waals surface area contributed by atoms with Crippen molar-refractivity contribution in [1.82, 2.24) is 4.98 Å². The smallest absolute Gasteiger partial charge is 0.339 e. The number of esters is 1. The molecule has 30 heavy (non-hydrogen) atoms. The molecule has 0 saturated carbocycles. The SMILES string of the molecule is O=C(OCCOc1ccccc1F)c1cc(-c2ccccc2Cl)nc2ccccc12. The minimum atomic E-state index is -0.515. The second kappa shape index (κ2) is 8.93. The number of carbonyl (C=O) groups is 1. The molecular formula is C24H17ClFNO3. The number of halogens is 2. The van der Waals surface area contributed by atoms with Crippen LogP contribution in [0.2, 0.25) is 5.02 Å². The maximum atomic E-state index is 13.6. The minimum absolute atomic E-state index is 0.0226. The summed E-state index contributed by atoms with van der Waals surface area (Å²) in [5, 5.41) is 1.21. The van der Waals surface area contributed by atoms with Gasteiger partial charge in [-0.2, -0.15) is 0 Å². The first-order chi connectivity index (χ1) is 14.6. The zero-order valence-electron chi connectivity index (χ0n) is 15.8. The summed E-state index contributed by atoms with van der Waals surface area (Å²) in [7, 11) is 0. The summed E-state index contributed by atoms with van der Waals surface area (Å²) in [5.74, 6) is -0.865. The normalized spacial score (nSPS) is 10.7. The largest absolute Gasteiger partial charge is 0.487 e. The third-order valence-electron chi connectivity index (χ3n) is 4.50. The van der Waals surface area contributed by atoms with Crippen molar-refractivity contribution in [2.24, 2.45) is 0 Å². The Bertz CT molecular complexity index is 1210. The second-order valence-corrected chi connectivity index (χ2v) is 6.87. The van der Waals surface area contributed by atoms with Gasteiger partial charge in [0.1, 0.15) is 13.2 Å². The summed E-state index contributed by atoms with van der Waals surface area (Å²) in [6.07, 6.45) is 0. The van der Waals surface area contributed by atoms with Crippen LogP contribution in [0, 0.1) is 5.82 Å². The van der Waals surface area contributed by atoms with Gasteiger partial charge in [-0.3, -0.25) is 0 Å². The van der Waals surface area contributed by atoms with Crippen LogP contribution < -0.4 is 4.74 Å². The van der Waals surface area contributed by atoms with Crippen molar-refractivity contribution in [2.75, 3.05) is 13.2 Å². The van der Waals surface area contributed by atoms with Gasteiger partial charge in [-0.15, -0.1) is 0 Å². The van der Waals surface area contributed by atoms with E-state index in [1.165, 1.54) is 12.1 Å². The van der Waals surface area contributed by atoms with Gasteiger partial charge in [0, 0.05) is 16.0 Å². The molecule has 0 amide bonds. The average molecular weight is 422 g/mol. The first-order valence-electron chi connectivity index (χ1n) is 9.32. The summed E-state index contributed by atoms with van der Waals surface area (Å²) in [6.45, 7) is 0.0122. The Kier molecular flexibility index (Phi) is 5.91. The monoisotopic (exact) mass is 421 g/mol. The Hall–Kier alpha value is -3.44. The maximum absolute atomic E-state index is 13.6. The van der Waals surface area contributed by atoms with Crippen molar-refractivity contribution in [3.63, 3.8) is 0 Å². The molecule has 0 unspecified atom stereocenters. The summed E-state index contributed by atoms with van der Waals surface area (Å²) in [5.41, 5.74) is 2.33. The molecular weight excluding hydrogens is 405 g/mol. The van der Waals surface area contributed by atoms with Gasteiger partial charge in [0.2, 0.25) is 0 Å². The third kappa shape index (κ3) is 4.26. The van der Waals surface area contributed by atoms with Crippen molar-refractivity contribution < 1.29 is 18.7 Å². The molecule has 4 rings (SSSR count). The summed E-state index contributed by atoms with van der Waals surface area (Å²) in [4.78, 5) is 17.4. The van der Waals surface area contributed by atoms with E-state index in [1.807, 2.05) is 42.5 Å². The molecule has 0 atom stereocenters. The number of hydrogen-bond donors (Lipinski definition) is 0. The van der Waals surface area contributed by atoms with Crippen molar-refractivity contribution in [3.8, 4) is 17.0 Å². The van der Waals surface area contributed by atoms with Gasteiger partial charge in [0.05, 0.1) is 16.8 Å². The fourth-order valence-corrected chi connectivity index (χ4v) is 3.31. The van der Waals surface area contributed by atoms with Crippen LogP contribution in [0.15, 0.2) is 78.9 Å². The predicted molar refractivity (Wildman–Crippen MR) is 114 cm³/mol. The van der Waals surface area contributed by atoms with Crippen LogP contribution in [0.3, 0.4) is 0 Å². The van der Waals surface area contributed by atoms with Crippen molar-refractivity contribution >= 4 is 28.5 Å². The Morgan fingerprint density at radius 1 is 0.933 bits per heavy atom. The third-order valence-corrected chi connectivity index (χ3v) is 4.83. The molecule has 0 aliphatic carbocycles. The molecule has 3 aromatic carbocycles. The molecule has 4 aromatic rings. The minimum Gasteiger partial charge on any atom is -0.487 e. The van der Waals surface area contributed by atoms with Crippen LogP contribution in [-0.2, 0) is 4.74 Å². The average Bonchev–Trinajstić information content (AvgIpc) is 2.77. The number of benzene rings is 3. The van der Waals surface area contributed by atoms with E-state index in [1.54, 1.807) is 24.3 Å². The van der Waals surface area contributed by atoms with E-state index in [0.29, 0.717) is 27.2 Å². The lowest BCUT2D eigenvalue weighted by atomic mass is 10.0. The van der Waals surface area contributed by atoms with Crippen molar-refractivity contribution in [3.05, 3.63) is 95.3 Å². The Morgan fingerprint density at radius 3 is 2.50 bits per heavy atom. The molecule has 150 valence electrons. The molecule has 0 radical (unpaired) electrons. The molecule has 0 saturated heterocycles. The fourth-order valence-electron chi connectivity index (χ4n) is 3.08. The zero-order valence-corrected chi connectivity index (χ0v) is 16.6. The molecule has 0 aliphatic rings. The van der Waals surface area contributed by atoms with Crippen molar-refractivity contribution in [1.29, 1.82) is 0 Å². The van der Waals surface area contributed by atoms with Crippen LogP contribution in [0.1, 0.15) is 10.4 Å². The lowest BCUT2D eigenvalue weighted by molar-refractivity contribution is 0.0450. The second-order valence-electron chi connectivity index (χ2n) is 6.47. The lowest BCUT2D eigenvalue weighted by Crippen LogP contribution is -2.13. The molecule has 1 aromatic heterocycles. The van der Waals surface area contributed by atoms with Gasteiger partial charge in [-0.1, -0.05) is 60.1 Å². The van der Waals surface area contributed by atoms with Crippen LogP contribution in [0.4, 0.5) is 4.39 Å². The number of hydrogen-bond acceptors (Lipinski definition) is 4. The molecule has 6 heteroatoms. The van der Waals surface area contributed by atoms with E-state index in [9.17, 15) is 9.18 Å². The fraction of sp³-hybridized carbons (Fsp3) is 0.0833. The molecule has 0 spiro atoms. The van der Waals surface area contributed by atoms with Gasteiger partial charge in [-0.05, 0) is 30.3 Å². The highest BCUT2D eigenvalue weighted by molar-refractivity contribution is 6.33. The number of pyridine rings is 1. The highest BCUT2D eigenvalue weighted by atomic mass is 35.5. The lowest BCUT2D eigenvalue weighted by Gasteiger charge is -2.11. The van der Waals surface area contributed by atoms with Gasteiger partial charge in [-0.25, -0.2) is 14.2 Å². The van der Waals surface area contributed by atoms with Gasteiger partial charge in [0.25, 0.3) is 0 Å². The highest BCUT2D eigenvalue weighted by Crippen LogP contribution is 2.30. The molecule has 0 N–H and O–H groups in total.